The van der Waals surface area contributed by atoms with E-state index in [1.54, 1.807) is 0 Å². The number of hydrogen-bond acceptors (Lipinski definition) is 6. The maximum atomic E-state index is 4.90. The zero-order valence-electron chi connectivity index (χ0n) is 8.11. The molecule has 0 fully saturated rings. The van der Waals surface area contributed by atoms with Crippen LogP contribution < -0.4 is 34.4 Å². The molecule has 0 bridgehead atoms. The van der Waals surface area contributed by atoms with Crippen molar-refractivity contribution in [3.8, 4) is 0 Å². The first kappa shape index (κ1) is 23.0. The number of halogens is 1. The molecule has 0 heterocycles. The highest BCUT2D eigenvalue weighted by Gasteiger charge is 1.55. The summed E-state index contributed by atoms with van der Waals surface area (Å²) < 4.78 is 0. The van der Waals surface area contributed by atoms with Gasteiger partial charge in [0.05, 0.1) is 0 Å². The van der Waals surface area contributed by atoms with Gasteiger partial charge in [-0.25, -0.2) is 0 Å². The van der Waals surface area contributed by atoms with Crippen LogP contribution in [0.3, 0.4) is 0 Å². The van der Waals surface area contributed by atoms with Gasteiger partial charge in [0.2, 0.25) is 0 Å². The number of hydrogen-bond donors (Lipinski definition) is 6. The van der Waals surface area contributed by atoms with Crippen LogP contribution in [0.15, 0.2) is 0 Å². The Morgan fingerprint density at radius 1 is 0.385 bits per heavy atom. The van der Waals surface area contributed by atoms with Crippen molar-refractivity contribution >= 4 is 0 Å². The molecule has 0 spiro atoms. The van der Waals surface area contributed by atoms with Crippen LogP contribution in [0.5, 0.6) is 0 Å². The molecule has 0 saturated carbocycles. The fraction of sp³-hybridized carbons (Fsp3) is 1.00. The molecule has 0 aromatic rings. The summed E-state index contributed by atoms with van der Waals surface area (Å²) >= 11 is 0. The number of nitrogens with two attached hydrogens (primary N) is 6. The third kappa shape index (κ3) is 152. The van der Waals surface area contributed by atoms with Crippen LogP contribution in [0.1, 0.15) is 0 Å². The van der Waals surface area contributed by atoms with Crippen molar-refractivity contribution in [2.75, 3.05) is 39.3 Å². The Bertz CT molecular complexity index is 32.6. The van der Waals surface area contributed by atoms with E-state index in [9.17, 15) is 0 Å². The molecule has 0 saturated heterocycles. The molecule has 0 atom stereocenters. The van der Waals surface area contributed by atoms with Crippen LogP contribution in [0, 0.1) is 0 Å². The van der Waals surface area contributed by atoms with Gasteiger partial charge >= 0.3 is 0 Å². The Hall–Kier alpha value is -0.310. The molecule has 0 rings (SSSR count). The summed E-state index contributed by atoms with van der Waals surface area (Å²) in [6.45, 7) is 3.58. The zero-order valence-corrected chi connectivity index (χ0v) is 8.11. The summed E-state index contributed by atoms with van der Waals surface area (Å²) in [4.78, 5) is 0. The first-order chi connectivity index (χ1) is 5.74. The molecule has 0 aliphatic rings. The van der Waals surface area contributed by atoms with Crippen LogP contribution in [0.4, 0.5) is 4.70 Å². The molecular formula is C6H25FN6. The highest BCUT2D eigenvalue weighted by atomic mass is 19.0. The lowest BCUT2D eigenvalue weighted by atomic mass is 10.7. The van der Waals surface area contributed by atoms with E-state index in [1.807, 2.05) is 0 Å². The van der Waals surface area contributed by atoms with Crippen LogP contribution in [-0.4, -0.2) is 39.3 Å². The van der Waals surface area contributed by atoms with Crippen molar-refractivity contribution in [2.24, 2.45) is 34.4 Å². The SMILES string of the molecule is F.NCCN.NCCN.NCCN. The minimum Gasteiger partial charge on any atom is -0.329 e. The van der Waals surface area contributed by atoms with Crippen LogP contribution >= 0.6 is 0 Å². The molecule has 0 aromatic heterocycles. The summed E-state index contributed by atoms with van der Waals surface area (Å²) in [6, 6.07) is 0. The molecule has 0 radical (unpaired) electrons. The largest absolute Gasteiger partial charge is 0.329 e. The topological polar surface area (TPSA) is 156 Å². The molecule has 0 amide bonds. The summed E-state index contributed by atoms with van der Waals surface area (Å²) in [7, 11) is 0. The summed E-state index contributed by atoms with van der Waals surface area (Å²) in [5.74, 6) is 0. The Balaban J connectivity index is -0.0000000450. The Labute approximate surface area is 79.3 Å². The second-order valence-electron chi connectivity index (χ2n) is 1.73. The van der Waals surface area contributed by atoms with Gasteiger partial charge in [0.1, 0.15) is 0 Å². The second-order valence-corrected chi connectivity index (χ2v) is 1.73. The number of rotatable bonds is 3. The zero-order chi connectivity index (χ0) is 10.2. The van der Waals surface area contributed by atoms with Crippen molar-refractivity contribution in [1.29, 1.82) is 0 Å². The highest BCUT2D eigenvalue weighted by molar-refractivity contribution is 4.26. The average molecular weight is 200 g/mol. The lowest BCUT2D eigenvalue weighted by Gasteiger charge is -1.72. The van der Waals surface area contributed by atoms with Gasteiger partial charge in [-0.15, -0.1) is 0 Å². The fourth-order valence-corrected chi connectivity index (χ4v) is 0. The summed E-state index contributed by atoms with van der Waals surface area (Å²) in [5, 5.41) is 0. The van der Waals surface area contributed by atoms with Crippen molar-refractivity contribution in [3.05, 3.63) is 0 Å². The molecule has 12 N–H and O–H groups in total. The molecule has 0 aromatic carbocycles. The van der Waals surface area contributed by atoms with Crippen molar-refractivity contribution < 1.29 is 4.70 Å². The Kier molecular flexibility index (Phi) is 72.9. The molecule has 13 heavy (non-hydrogen) atoms. The lowest BCUT2D eigenvalue weighted by molar-refractivity contribution is 0.976. The lowest BCUT2D eigenvalue weighted by Crippen LogP contribution is -2.11. The average Bonchev–Trinajstić information content (AvgIpc) is 2.18. The third-order valence-electron chi connectivity index (χ3n) is 0.500. The van der Waals surface area contributed by atoms with Gasteiger partial charge in [-0.05, 0) is 0 Å². The van der Waals surface area contributed by atoms with Gasteiger partial charge in [0, 0.05) is 39.3 Å². The van der Waals surface area contributed by atoms with E-state index in [4.69, 9.17) is 34.4 Å². The van der Waals surface area contributed by atoms with Gasteiger partial charge < -0.3 is 34.4 Å². The normalized spacial score (nSPS) is 6.92. The quantitative estimate of drug-likeness (QED) is 0.283. The summed E-state index contributed by atoms with van der Waals surface area (Å²) in [5.41, 5.74) is 29.4. The van der Waals surface area contributed by atoms with Gasteiger partial charge in [0.15, 0.2) is 0 Å². The van der Waals surface area contributed by atoms with Gasteiger partial charge in [-0.2, -0.15) is 0 Å². The van der Waals surface area contributed by atoms with E-state index in [0.29, 0.717) is 39.3 Å². The van der Waals surface area contributed by atoms with Crippen LogP contribution in [0.25, 0.3) is 0 Å². The smallest absolute Gasteiger partial charge is 0.00461 e. The first-order valence-corrected chi connectivity index (χ1v) is 3.95. The minimum absolute atomic E-state index is 0. The molecule has 6 nitrogen and oxygen atoms in total. The highest BCUT2D eigenvalue weighted by Crippen LogP contribution is 1.25. The molecule has 86 valence electrons. The Morgan fingerprint density at radius 3 is 0.462 bits per heavy atom. The van der Waals surface area contributed by atoms with Gasteiger partial charge in [0.25, 0.3) is 0 Å². The van der Waals surface area contributed by atoms with Gasteiger partial charge in [-0.1, -0.05) is 0 Å². The van der Waals surface area contributed by atoms with E-state index < -0.39 is 0 Å². The van der Waals surface area contributed by atoms with Crippen molar-refractivity contribution in [2.45, 2.75) is 0 Å². The maximum Gasteiger partial charge on any atom is 0.00461 e. The first-order valence-electron chi connectivity index (χ1n) is 3.95. The third-order valence-corrected chi connectivity index (χ3v) is 0.500. The Morgan fingerprint density at radius 2 is 0.462 bits per heavy atom. The second kappa shape index (κ2) is 41.3. The van der Waals surface area contributed by atoms with E-state index in [1.165, 1.54) is 0 Å². The van der Waals surface area contributed by atoms with Crippen LogP contribution in [-0.2, 0) is 0 Å². The predicted octanol–water partition coefficient (Wildman–Crippen LogP) is -3.14. The van der Waals surface area contributed by atoms with Crippen molar-refractivity contribution in [3.63, 3.8) is 0 Å². The molecular weight excluding hydrogens is 175 g/mol. The predicted molar refractivity (Wildman–Crippen MR) is 56.8 cm³/mol. The standard InChI is InChI=1S/3C2H8N2.FH/c3*3-1-2-4;/h3*1-4H2;1H. The minimum atomic E-state index is 0. The monoisotopic (exact) mass is 200 g/mol. The summed E-state index contributed by atoms with van der Waals surface area (Å²) in [6.07, 6.45) is 0. The molecule has 0 aliphatic carbocycles. The van der Waals surface area contributed by atoms with Crippen molar-refractivity contribution in [1.82, 2.24) is 0 Å². The maximum absolute atomic E-state index is 4.90. The molecule has 7 heteroatoms. The van der Waals surface area contributed by atoms with E-state index >= 15 is 0 Å². The van der Waals surface area contributed by atoms with E-state index in [-0.39, 0.29) is 4.70 Å². The molecule has 0 unspecified atom stereocenters. The molecule has 0 aliphatic heterocycles. The van der Waals surface area contributed by atoms with E-state index in [2.05, 4.69) is 0 Å². The van der Waals surface area contributed by atoms with Gasteiger partial charge in [-0.3, -0.25) is 4.70 Å². The van der Waals surface area contributed by atoms with E-state index in [0.717, 1.165) is 0 Å². The van der Waals surface area contributed by atoms with Crippen LogP contribution in [0.2, 0.25) is 0 Å². The fourth-order valence-electron chi connectivity index (χ4n) is 0.